The van der Waals surface area contributed by atoms with Crippen molar-refractivity contribution in [2.45, 2.75) is 50.4 Å². The minimum Gasteiger partial charge on any atom is -0.302 e. The number of nitrogens with zero attached hydrogens (tertiary/aromatic N) is 3. The largest absolute Gasteiger partial charge is 0.348 e. The quantitative estimate of drug-likeness (QED) is 0.503. The molecule has 4 nitrogen and oxygen atoms in total. The Morgan fingerprint density at radius 1 is 1.19 bits per heavy atom. The number of hydrogen-bond donors (Lipinski definition) is 0. The molecule has 26 heavy (non-hydrogen) atoms. The molecule has 0 unspecified atom stereocenters. The van der Waals surface area contributed by atoms with E-state index < -0.39 is 0 Å². The minimum absolute atomic E-state index is 0.101. The lowest BCUT2D eigenvalue weighted by atomic mass is 10.2. The summed E-state index contributed by atoms with van der Waals surface area (Å²) in [6.45, 7) is 7.97. The lowest BCUT2D eigenvalue weighted by Gasteiger charge is -2.20. The van der Waals surface area contributed by atoms with Crippen molar-refractivity contribution >= 4 is 23.4 Å². The number of rotatable bonds is 8. The highest BCUT2D eigenvalue weighted by atomic mass is 35.5. The predicted molar refractivity (Wildman–Crippen MR) is 109 cm³/mol. The van der Waals surface area contributed by atoms with Gasteiger partial charge in [-0.05, 0) is 50.0 Å². The molecule has 0 spiro atoms. The molecule has 0 fully saturated rings. The number of benzene rings is 1. The maximum Gasteiger partial charge on any atom is 0.348 e. The zero-order valence-electron chi connectivity index (χ0n) is 15.5. The monoisotopic (exact) mass is 391 g/mol. The van der Waals surface area contributed by atoms with Crippen LogP contribution < -0.4 is 5.69 Å². The van der Waals surface area contributed by atoms with Crippen molar-refractivity contribution in [3.8, 4) is 0 Å². The van der Waals surface area contributed by atoms with Crippen LogP contribution in [0.5, 0.6) is 0 Å². The van der Waals surface area contributed by atoms with Crippen molar-refractivity contribution < 1.29 is 0 Å². The average molecular weight is 392 g/mol. The highest BCUT2D eigenvalue weighted by Crippen LogP contribution is 2.31. The summed E-state index contributed by atoms with van der Waals surface area (Å²) in [6.07, 6.45) is 3.12. The summed E-state index contributed by atoms with van der Waals surface area (Å²) in [5, 5.41) is 1.66. The van der Waals surface area contributed by atoms with E-state index >= 15 is 0 Å². The number of fused-ring (bicyclic) bond motifs is 1. The second-order valence-corrected chi connectivity index (χ2v) is 7.97. The van der Waals surface area contributed by atoms with Crippen molar-refractivity contribution in [3.63, 3.8) is 0 Å². The third-order valence-corrected chi connectivity index (χ3v) is 6.36. The van der Waals surface area contributed by atoms with E-state index in [-0.39, 0.29) is 5.69 Å². The van der Waals surface area contributed by atoms with Gasteiger partial charge in [0, 0.05) is 35.1 Å². The molecule has 0 aliphatic heterocycles. The molecule has 140 valence electrons. The SMILES string of the molecule is CCN(CC)CCn1c2c(c(SCc3ccc(Cl)cc3)nc1=O)CCC2. The van der Waals surface area contributed by atoms with Gasteiger partial charge < -0.3 is 4.90 Å². The van der Waals surface area contributed by atoms with E-state index in [1.54, 1.807) is 11.8 Å². The molecule has 6 heteroatoms. The zero-order valence-corrected chi connectivity index (χ0v) is 17.1. The Hall–Kier alpha value is -1.30. The van der Waals surface area contributed by atoms with Crippen LogP contribution in [0.3, 0.4) is 0 Å². The number of halogens is 1. The van der Waals surface area contributed by atoms with Crippen LogP contribution in [-0.2, 0) is 25.1 Å². The number of likely N-dealkylation sites (N-methyl/N-ethyl adjacent to an activating group) is 1. The summed E-state index contributed by atoms with van der Waals surface area (Å²) in [4.78, 5) is 19.4. The molecule has 2 aromatic rings. The van der Waals surface area contributed by atoms with E-state index in [0.717, 1.165) is 61.2 Å². The van der Waals surface area contributed by atoms with Gasteiger partial charge >= 0.3 is 5.69 Å². The number of hydrogen-bond acceptors (Lipinski definition) is 4. The van der Waals surface area contributed by atoms with Crippen molar-refractivity contribution in [2.75, 3.05) is 19.6 Å². The van der Waals surface area contributed by atoms with Crippen LogP contribution in [-0.4, -0.2) is 34.1 Å². The molecule has 0 bridgehead atoms. The van der Waals surface area contributed by atoms with Gasteiger partial charge in [0.1, 0.15) is 5.03 Å². The molecule has 1 heterocycles. The van der Waals surface area contributed by atoms with E-state index in [1.807, 2.05) is 28.8 Å². The molecule has 0 amide bonds. The normalized spacial score (nSPS) is 13.4. The van der Waals surface area contributed by atoms with Crippen LogP contribution in [0.1, 0.15) is 37.1 Å². The first-order chi connectivity index (χ1) is 12.6. The van der Waals surface area contributed by atoms with Gasteiger partial charge in [-0.3, -0.25) is 4.57 Å². The van der Waals surface area contributed by atoms with E-state index in [2.05, 4.69) is 23.7 Å². The molecule has 3 rings (SSSR count). The van der Waals surface area contributed by atoms with E-state index in [1.165, 1.54) is 16.8 Å². The third kappa shape index (κ3) is 4.51. The molecular weight excluding hydrogens is 366 g/mol. The predicted octanol–water partition coefficient (Wildman–Crippen LogP) is 4.02. The highest BCUT2D eigenvalue weighted by molar-refractivity contribution is 7.98. The first-order valence-electron chi connectivity index (χ1n) is 9.34. The van der Waals surface area contributed by atoms with E-state index in [0.29, 0.717) is 0 Å². The Morgan fingerprint density at radius 3 is 2.62 bits per heavy atom. The van der Waals surface area contributed by atoms with Gasteiger partial charge in [0.05, 0.1) is 0 Å². The number of aromatic nitrogens is 2. The summed E-state index contributed by atoms with van der Waals surface area (Å²) >= 11 is 7.61. The zero-order chi connectivity index (χ0) is 18.5. The van der Waals surface area contributed by atoms with Gasteiger partial charge in [-0.1, -0.05) is 37.6 Å². The molecule has 1 aromatic heterocycles. The Morgan fingerprint density at radius 2 is 1.92 bits per heavy atom. The second kappa shape index (κ2) is 9.07. The Balaban J connectivity index is 1.78. The highest BCUT2D eigenvalue weighted by Gasteiger charge is 2.22. The fourth-order valence-corrected chi connectivity index (χ4v) is 4.61. The molecule has 1 aliphatic carbocycles. The van der Waals surface area contributed by atoms with Gasteiger partial charge in [0.25, 0.3) is 0 Å². The van der Waals surface area contributed by atoms with Crippen LogP contribution in [0.2, 0.25) is 5.02 Å². The molecular formula is C20H26ClN3OS. The lowest BCUT2D eigenvalue weighted by Crippen LogP contribution is -2.33. The first-order valence-corrected chi connectivity index (χ1v) is 10.7. The maximum atomic E-state index is 12.6. The summed E-state index contributed by atoms with van der Waals surface area (Å²) in [6, 6.07) is 7.86. The standard InChI is InChI=1S/C20H26ClN3OS/c1-3-23(4-2)12-13-24-18-7-5-6-17(18)19(22-20(24)25)26-14-15-8-10-16(21)11-9-15/h8-11H,3-7,12-14H2,1-2H3. The third-order valence-electron chi connectivity index (χ3n) is 5.02. The second-order valence-electron chi connectivity index (χ2n) is 6.57. The molecule has 1 aliphatic rings. The molecule has 0 N–H and O–H groups in total. The summed E-state index contributed by atoms with van der Waals surface area (Å²) in [5.41, 5.74) is 3.58. The van der Waals surface area contributed by atoms with Gasteiger partial charge in [-0.2, -0.15) is 4.98 Å². The van der Waals surface area contributed by atoms with Crippen LogP contribution in [0.15, 0.2) is 34.1 Å². The van der Waals surface area contributed by atoms with Gasteiger partial charge in [-0.25, -0.2) is 4.79 Å². The summed E-state index contributed by atoms with van der Waals surface area (Å²) in [5.74, 6) is 0.805. The molecule has 0 radical (unpaired) electrons. The average Bonchev–Trinajstić information content (AvgIpc) is 3.13. The Kier molecular flexibility index (Phi) is 6.79. The molecule has 0 saturated carbocycles. The number of thioether (sulfide) groups is 1. The van der Waals surface area contributed by atoms with Crippen LogP contribution in [0, 0.1) is 0 Å². The first kappa shape index (κ1) is 19.5. The van der Waals surface area contributed by atoms with E-state index in [4.69, 9.17) is 11.6 Å². The van der Waals surface area contributed by atoms with Crippen molar-refractivity contribution in [2.24, 2.45) is 0 Å². The molecule has 0 atom stereocenters. The molecule has 0 saturated heterocycles. The van der Waals surface area contributed by atoms with Crippen LogP contribution >= 0.6 is 23.4 Å². The minimum atomic E-state index is -0.101. The smallest absolute Gasteiger partial charge is 0.302 e. The van der Waals surface area contributed by atoms with Crippen LogP contribution in [0.25, 0.3) is 0 Å². The van der Waals surface area contributed by atoms with Gasteiger partial charge in [-0.15, -0.1) is 11.8 Å². The summed E-state index contributed by atoms with van der Waals surface area (Å²) < 4.78 is 1.91. The summed E-state index contributed by atoms with van der Waals surface area (Å²) in [7, 11) is 0. The van der Waals surface area contributed by atoms with Crippen molar-refractivity contribution in [1.29, 1.82) is 0 Å². The van der Waals surface area contributed by atoms with Crippen molar-refractivity contribution in [1.82, 2.24) is 14.5 Å². The topological polar surface area (TPSA) is 38.1 Å². The van der Waals surface area contributed by atoms with Gasteiger partial charge in [0.15, 0.2) is 0 Å². The van der Waals surface area contributed by atoms with Crippen molar-refractivity contribution in [3.05, 3.63) is 56.6 Å². The maximum absolute atomic E-state index is 12.6. The lowest BCUT2D eigenvalue weighted by molar-refractivity contribution is 0.286. The van der Waals surface area contributed by atoms with Crippen LogP contribution in [0.4, 0.5) is 0 Å². The van der Waals surface area contributed by atoms with Gasteiger partial charge in [0.2, 0.25) is 0 Å². The fourth-order valence-electron chi connectivity index (χ4n) is 3.45. The Bertz CT molecular complexity index is 800. The van der Waals surface area contributed by atoms with E-state index in [9.17, 15) is 4.79 Å². The fraction of sp³-hybridized carbons (Fsp3) is 0.500. The Labute approximate surface area is 164 Å². The molecule has 1 aromatic carbocycles.